The van der Waals surface area contributed by atoms with Crippen molar-refractivity contribution in [2.24, 2.45) is 0 Å². The Kier molecular flexibility index (Phi) is 5.22. The molecule has 90 valence electrons. The predicted octanol–water partition coefficient (Wildman–Crippen LogP) is 2.29. The highest BCUT2D eigenvalue weighted by Gasteiger charge is 2.10. The van der Waals surface area contributed by atoms with E-state index < -0.39 is 6.10 Å². The second-order valence-electron chi connectivity index (χ2n) is 3.55. The third kappa shape index (κ3) is 3.79. The van der Waals surface area contributed by atoms with Crippen molar-refractivity contribution >= 4 is 0 Å². The van der Waals surface area contributed by atoms with E-state index in [4.69, 9.17) is 9.47 Å². The Hall–Kier alpha value is -1.13. The van der Waals surface area contributed by atoms with E-state index in [0.717, 1.165) is 6.42 Å². The molecule has 1 aromatic rings. The molecule has 1 aromatic carbocycles. The van der Waals surface area contributed by atoms with Gasteiger partial charge in [-0.25, -0.2) is 4.39 Å². The number of hydrogen-bond acceptors (Lipinski definition) is 3. The predicted molar refractivity (Wildman–Crippen MR) is 59.0 cm³/mol. The Labute approximate surface area is 94.8 Å². The number of rotatable bonds is 6. The average Bonchev–Trinajstić information content (AvgIpc) is 2.26. The van der Waals surface area contributed by atoms with Crippen LogP contribution in [0.4, 0.5) is 4.39 Å². The van der Waals surface area contributed by atoms with Gasteiger partial charge in [-0.15, -0.1) is 0 Å². The van der Waals surface area contributed by atoms with Crippen molar-refractivity contribution in [3.63, 3.8) is 0 Å². The van der Waals surface area contributed by atoms with Crippen LogP contribution in [0.5, 0.6) is 5.75 Å². The second kappa shape index (κ2) is 6.45. The van der Waals surface area contributed by atoms with E-state index in [-0.39, 0.29) is 5.82 Å². The van der Waals surface area contributed by atoms with Gasteiger partial charge in [0.2, 0.25) is 0 Å². The smallest absolute Gasteiger partial charge is 0.125 e. The molecule has 16 heavy (non-hydrogen) atoms. The van der Waals surface area contributed by atoms with Crippen LogP contribution in [0.2, 0.25) is 0 Å². The molecule has 1 rings (SSSR count). The van der Waals surface area contributed by atoms with Crippen molar-refractivity contribution in [3.8, 4) is 5.75 Å². The summed E-state index contributed by atoms with van der Waals surface area (Å²) in [5.41, 5.74) is 0.470. The van der Waals surface area contributed by atoms with Crippen molar-refractivity contribution in [1.29, 1.82) is 0 Å². The number of ether oxygens (including phenoxy) is 2. The molecule has 0 aliphatic rings. The zero-order valence-electron chi connectivity index (χ0n) is 9.57. The number of hydrogen-bond donors (Lipinski definition) is 1. The Balaban J connectivity index is 2.64. The second-order valence-corrected chi connectivity index (χ2v) is 3.55. The van der Waals surface area contributed by atoms with Crippen molar-refractivity contribution in [1.82, 2.24) is 0 Å². The molecule has 0 saturated carbocycles. The summed E-state index contributed by atoms with van der Waals surface area (Å²) in [6.07, 6.45) is 0.0146. The summed E-state index contributed by atoms with van der Waals surface area (Å²) in [4.78, 5) is 0. The van der Waals surface area contributed by atoms with Gasteiger partial charge in [0.1, 0.15) is 11.6 Å². The van der Waals surface area contributed by atoms with Gasteiger partial charge in [-0.2, -0.15) is 0 Å². The molecule has 4 heteroatoms. The average molecular weight is 228 g/mol. The minimum atomic E-state index is -0.742. The molecule has 0 heterocycles. The number of methoxy groups -OCH3 is 1. The van der Waals surface area contributed by atoms with Gasteiger partial charge in [0, 0.05) is 25.7 Å². The van der Waals surface area contributed by atoms with Crippen molar-refractivity contribution in [2.75, 3.05) is 20.3 Å². The molecule has 0 radical (unpaired) electrons. The quantitative estimate of drug-likeness (QED) is 0.759. The molecule has 0 amide bonds. The van der Waals surface area contributed by atoms with Crippen LogP contribution in [-0.4, -0.2) is 25.4 Å². The maximum atomic E-state index is 13.0. The van der Waals surface area contributed by atoms with Crippen molar-refractivity contribution in [3.05, 3.63) is 29.6 Å². The molecule has 0 bridgehead atoms. The molecule has 0 aliphatic heterocycles. The molecule has 3 nitrogen and oxygen atoms in total. The van der Waals surface area contributed by atoms with Gasteiger partial charge in [0.15, 0.2) is 0 Å². The summed E-state index contributed by atoms with van der Waals surface area (Å²) < 4.78 is 23.3. The summed E-state index contributed by atoms with van der Waals surface area (Å²) >= 11 is 0. The fourth-order valence-corrected chi connectivity index (χ4v) is 1.36. The minimum absolute atomic E-state index is 0.375. The number of aliphatic hydroxyl groups is 1. The van der Waals surface area contributed by atoms with Crippen LogP contribution < -0.4 is 4.74 Å². The summed E-state index contributed by atoms with van der Waals surface area (Å²) in [5, 5.41) is 9.46. The minimum Gasteiger partial charge on any atom is -0.493 e. The Morgan fingerprint density at radius 2 is 2.12 bits per heavy atom. The van der Waals surface area contributed by atoms with Gasteiger partial charge in [0.25, 0.3) is 0 Å². The van der Waals surface area contributed by atoms with E-state index in [2.05, 4.69) is 0 Å². The Morgan fingerprint density at radius 3 is 2.75 bits per heavy atom. The van der Waals surface area contributed by atoms with Crippen LogP contribution in [0.1, 0.15) is 25.0 Å². The summed E-state index contributed by atoms with van der Waals surface area (Å²) in [7, 11) is 1.62. The maximum Gasteiger partial charge on any atom is 0.125 e. The van der Waals surface area contributed by atoms with E-state index in [1.807, 2.05) is 0 Å². The van der Waals surface area contributed by atoms with E-state index >= 15 is 0 Å². The number of aliphatic hydroxyl groups excluding tert-OH is 1. The fourth-order valence-electron chi connectivity index (χ4n) is 1.36. The standard InChI is InChI=1S/C12H17FO3/c1-9(14)11-8-10(13)4-5-12(11)16-7-3-6-15-2/h4-5,8-9,14H,3,6-7H2,1-2H3/t9-/m0/s1. The first-order valence-corrected chi connectivity index (χ1v) is 5.24. The van der Waals surface area contributed by atoms with Crippen LogP contribution in [-0.2, 0) is 4.74 Å². The Morgan fingerprint density at radius 1 is 1.38 bits per heavy atom. The van der Waals surface area contributed by atoms with Gasteiger partial charge in [-0.3, -0.25) is 0 Å². The Bertz CT molecular complexity index is 326. The van der Waals surface area contributed by atoms with E-state index in [1.165, 1.54) is 18.2 Å². The lowest BCUT2D eigenvalue weighted by atomic mass is 10.1. The van der Waals surface area contributed by atoms with Gasteiger partial charge in [-0.05, 0) is 25.1 Å². The molecule has 1 atom stereocenters. The molecular weight excluding hydrogens is 211 g/mol. The van der Waals surface area contributed by atoms with Crippen LogP contribution in [0.15, 0.2) is 18.2 Å². The third-order valence-electron chi connectivity index (χ3n) is 2.17. The molecule has 0 unspecified atom stereocenters. The van der Waals surface area contributed by atoms with Gasteiger partial charge in [0.05, 0.1) is 12.7 Å². The lowest BCUT2D eigenvalue weighted by molar-refractivity contribution is 0.166. The highest BCUT2D eigenvalue weighted by atomic mass is 19.1. The van der Waals surface area contributed by atoms with E-state index in [0.29, 0.717) is 24.5 Å². The normalized spacial score (nSPS) is 12.5. The fraction of sp³-hybridized carbons (Fsp3) is 0.500. The molecule has 1 N–H and O–H groups in total. The first kappa shape index (κ1) is 12.9. The molecule has 0 saturated heterocycles. The van der Waals surface area contributed by atoms with Gasteiger partial charge < -0.3 is 14.6 Å². The number of halogens is 1. The zero-order valence-corrected chi connectivity index (χ0v) is 9.57. The monoisotopic (exact) mass is 228 g/mol. The lowest BCUT2D eigenvalue weighted by Gasteiger charge is -2.13. The van der Waals surface area contributed by atoms with Crippen LogP contribution >= 0.6 is 0 Å². The highest BCUT2D eigenvalue weighted by molar-refractivity contribution is 5.35. The largest absolute Gasteiger partial charge is 0.493 e. The van der Waals surface area contributed by atoms with Gasteiger partial charge >= 0.3 is 0 Å². The van der Waals surface area contributed by atoms with Crippen LogP contribution in [0.25, 0.3) is 0 Å². The summed E-state index contributed by atoms with van der Waals surface area (Å²) in [6, 6.07) is 4.14. The van der Waals surface area contributed by atoms with Crippen molar-refractivity contribution < 1.29 is 19.0 Å². The number of benzene rings is 1. The third-order valence-corrected chi connectivity index (χ3v) is 2.17. The zero-order chi connectivity index (χ0) is 12.0. The molecular formula is C12H17FO3. The first-order valence-electron chi connectivity index (χ1n) is 5.24. The van der Waals surface area contributed by atoms with Crippen LogP contribution in [0.3, 0.4) is 0 Å². The van der Waals surface area contributed by atoms with Crippen LogP contribution in [0, 0.1) is 5.82 Å². The molecule has 0 spiro atoms. The molecule has 0 aliphatic carbocycles. The topological polar surface area (TPSA) is 38.7 Å². The maximum absolute atomic E-state index is 13.0. The molecule has 0 aromatic heterocycles. The van der Waals surface area contributed by atoms with E-state index in [9.17, 15) is 9.50 Å². The van der Waals surface area contributed by atoms with Gasteiger partial charge in [-0.1, -0.05) is 0 Å². The lowest BCUT2D eigenvalue weighted by Crippen LogP contribution is -2.05. The summed E-state index contributed by atoms with van der Waals surface area (Å²) in [6.45, 7) is 2.68. The van der Waals surface area contributed by atoms with Crippen molar-refractivity contribution in [2.45, 2.75) is 19.4 Å². The first-order chi connectivity index (χ1) is 7.65. The SMILES string of the molecule is COCCCOc1ccc(F)cc1[C@H](C)O. The highest BCUT2D eigenvalue weighted by Crippen LogP contribution is 2.25. The summed E-state index contributed by atoms with van der Waals surface area (Å²) in [5.74, 6) is 0.146. The molecule has 0 fully saturated rings. The van der Waals surface area contributed by atoms with E-state index in [1.54, 1.807) is 14.0 Å².